The summed E-state index contributed by atoms with van der Waals surface area (Å²) < 4.78 is 27.7. The number of hydrogen-bond acceptors (Lipinski definition) is 4. The van der Waals surface area contributed by atoms with Gasteiger partial charge in [-0.3, -0.25) is 4.72 Å². The van der Waals surface area contributed by atoms with Gasteiger partial charge in [-0.2, -0.15) is 0 Å². The number of nitrogens with zero attached hydrogens (tertiary/aromatic N) is 1. The molecule has 0 aliphatic carbocycles. The molecular weight excluding hydrogens is 330 g/mol. The number of rotatable bonds is 3. The van der Waals surface area contributed by atoms with E-state index < -0.39 is 10.0 Å². The summed E-state index contributed by atoms with van der Waals surface area (Å²) in [6.07, 6.45) is 1.38. The van der Waals surface area contributed by atoms with Gasteiger partial charge in [0.25, 0.3) is 10.0 Å². The van der Waals surface area contributed by atoms with Crippen LogP contribution in [0.2, 0.25) is 0 Å². The maximum Gasteiger partial charge on any atom is 0.262 e. The zero-order chi connectivity index (χ0) is 14.0. The van der Waals surface area contributed by atoms with Crippen LogP contribution >= 0.6 is 15.9 Å². The third-order valence-corrected chi connectivity index (χ3v) is 4.49. The van der Waals surface area contributed by atoms with Gasteiger partial charge in [0.15, 0.2) is 0 Å². The number of nitrogens with one attached hydrogen (secondary N) is 1. The van der Waals surface area contributed by atoms with E-state index in [9.17, 15) is 8.42 Å². The molecule has 7 heteroatoms. The van der Waals surface area contributed by atoms with Gasteiger partial charge in [-0.25, -0.2) is 13.4 Å². The van der Waals surface area contributed by atoms with Crippen molar-refractivity contribution in [3.05, 3.63) is 46.6 Å². The Morgan fingerprint density at radius 1 is 1.26 bits per heavy atom. The number of nitrogens with two attached hydrogens (primary N) is 1. The molecular formula is C12H12BrN3O2S. The monoisotopic (exact) mass is 341 g/mol. The average Bonchev–Trinajstić information content (AvgIpc) is 2.35. The molecule has 0 saturated heterocycles. The molecule has 0 atom stereocenters. The van der Waals surface area contributed by atoms with Crippen LogP contribution in [-0.2, 0) is 10.0 Å². The molecule has 0 aliphatic heterocycles. The molecule has 0 aliphatic rings. The number of aromatic nitrogens is 1. The van der Waals surface area contributed by atoms with Crippen LogP contribution in [0, 0.1) is 6.92 Å². The van der Waals surface area contributed by atoms with E-state index in [0.717, 1.165) is 0 Å². The minimum Gasteiger partial charge on any atom is -0.384 e. The zero-order valence-electron chi connectivity index (χ0n) is 10.1. The van der Waals surface area contributed by atoms with Crippen molar-refractivity contribution in [1.82, 2.24) is 4.98 Å². The fourth-order valence-corrected chi connectivity index (χ4v) is 3.37. The molecule has 1 aromatic carbocycles. The Morgan fingerprint density at radius 3 is 2.63 bits per heavy atom. The van der Waals surface area contributed by atoms with E-state index in [-0.39, 0.29) is 4.90 Å². The van der Waals surface area contributed by atoms with Crippen molar-refractivity contribution in [3.8, 4) is 0 Å². The third-order valence-electron chi connectivity index (χ3n) is 2.48. The molecule has 1 heterocycles. The predicted octanol–water partition coefficient (Wildman–Crippen LogP) is 2.54. The second kappa shape index (κ2) is 5.18. The number of pyridine rings is 1. The smallest absolute Gasteiger partial charge is 0.262 e. The zero-order valence-corrected chi connectivity index (χ0v) is 12.5. The topological polar surface area (TPSA) is 85.1 Å². The van der Waals surface area contributed by atoms with Gasteiger partial charge >= 0.3 is 0 Å². The number of sulfonamides is 1. The summed E-state index contributed by atoms with van der Waals surface area (Å²) in [4.78, 5) is 4.06. The van der Waals surface area contributed by atoms with E-state index in [2.05, 4.69) is 25.6 Å². The lowest BCUT2D eigenvalue weighted by Gasteiger charge is -2.10. The maximum atomic E-state index is 12.3. The maximum absolute atomic E-state index is 12.3. The lowest BCUT2D eigenvalue weighted by Crippen LogP contribution is -2.14. The highest BCUT2D eigenvalue weighted by atomic mass is 79.9. The number of nitrogen functional groups attached to an aromatic ring is 1. The molecule has 0 fully saturated rings. The minimum atomic E-state index is -3.64. The second-order valence-corrected chi connectivity index (χ2v) is 6.55. The molecule has 0 spiro atoms. The number of halogens is 1. The average molecular weight is 342 g/mol. The highest BCUT2D eigenvalue weighted by Crippen LogP contribution is 2.23. The lowest BCUT2D eigenvalue weighted by molar-refractivity contribution is 0.600. The van der Waals surface area contributed by atoms with Gasteiger partial charge in [0.05, 0.1) is 16.8 Å². The van der Waals surface area contributed by atoms with Crippen molar-refractivity contribution in [2.45, 2.75) is 11.8 Å². The van der Waals surface area contributed by atoms with E-state index in [1.807, 2.05) is 0 Å². The Morgan fingerprint density at radius 2 is 2.00 bits per heavy atom. The number of benzene rings is 1. The van der Waals surface area contributed by atoms with Crippen LogP contribution in [0.15, 0.2) is 45.9 Å². The highest BCUT2D eigenvalue weighted by Gasteiger charge is 2.17. The fourth-order valence-electron chi connectivity index (χ4n) is 1.54. The SMILES string of the molecule is Cc1ccc(Br)cc1S(=O)(=O)Nc1ccc(N)nc1. The normalized spacial score (nSPS) is 11.3. The quantitative estimate of drug-likeness (QED) is 0.898. The Hall–Kier alpha value is -1.60. The highest BCUT2D eigenvalue weighted by molar-refractivity contribution is 9.10. The van der Waals surface area contributed by atoms with Crippen molar-refractivity contribution in [1.29, 1.82) is 0 Å². The predicted molar refractivity (Wildman–Crippen MR) is 78.3 cm³/mol. The summed E-state index contributed by atoms with van der Waals surface area (Å²) in [5.74, 6) is 0.335. The summed E-state index contributed by atoms with van der Waals surface area (Å²) in [5.41, 5.74) is 6.49. The van der Waals surface area contributed by atoms with E-state index in [4.69, 9.17) is 5.73 Å². The van der Waals surface area contributed by atoms with Crippen LogP contribution in [0.3, 0.4) is 0 Å². The van der Waals surface area contributed by atoms with E-state index in [1.165, 1.54) is 12.3 Å². The van der Waals surface area contributed by atoms with Crippen molar-refractivity contribution < 1.29 is 8.42 Å². The molecule has 0 amide bonds. The first-order chi connectivity index (χ1) is 8.88. The molecule has 0 unspecified atom stereocenters. The van der Waals surface area contributed by atoms with Gasteiger partial charge in [-0.05, 0) is 36.8 Å². The van der Waals surface area contributed by atoms with Crippen molar-refractivity contribution in [2.75, 3.05) is 10.5 Å². The molecule has 0 bridgehead atoms. The Balaban J connectivity index is 2.37. The van der Waals surface area contributed by atoms with Crippen LogP contribution in [-0.4, -0.2) is 13.4 Å². The lowest BCUT2D eigenvalue weighted by atomic mass is 10.2. The summed E-state index contributed by atoms with van der Waals surface area (Å²) >= 11 is 3.26. The fraction of sp³-hybridized carbons (Fsp3) is 0.0833. The third kappa shape index (κ3) is 3.24. The Bertz CT molecular complexity index is 699. The summed E-state index contributed by atoms with van der Waals surface area (Å²) in [5, 5.41) is 0. The van der Waals surface area contributed by atoms with Crippen LogP contribution in [0.5, 0.6) is 0 Å². The van der Waals surface area contributed by atoms with Gasteiger partial charge in [0.2, 0.25) is 0 Å². The molecule has 5 nitrogen and oxygen atoms in total. The van der Waals surface area contributed by atoms with E-state index in [0.29, 0.717) is 21.5 Å². The van der Waals surface area contributed by atoms with Crippen LogP contribution in [0.25, 0.3) is 0 Å². The minimum absolute atomic E-state index is 0.221. The largest absolute Gasteiger partial charge is 0.384 e. The van der Waals surface area contributed by atoms with Gasteiger partial charge in [-0.15, -0.1) is 0 Å². The molecule has 19 heavy (non-hydrogen) atoms. The molecule has 0 radical (unpaired) electrons. The standard InChI is InChI=1S/C12H12BrN3O2S/c1-8-2-3-9(13)6-11(8)19(17,18)16-10-4-5-12(14)15-7-10/h2-7,16H,1H3,(H2,14,15). The van der Waals surface area contributed by atoms with Gasteiger partial charge < -0.3 is 5.73 Å². The number of aryl methyl sites for hydroxylation is 1. The van der Waals surface area contributed by atoms with Gasteiger partial charge in [0, 0.05) is 4.47 Å². The Kier molecular flexibility index (Phi) is 3.77. The Labute approximate surface area is 120 Å². The second-order valence-electron chi connectivity index (χ2n) is 3.99. The first-order valence-electron chi connectivity index (χ1n) is 5.39. The summed E-state index contributed by atoms with van der Waals surface area (Å²) in [7, 11) is -3.64. The van der Waals surface area contributed by atoms with E-state index >= 15 is 0 Å². The van der Waals surface area contributed by atoms with Gasteiger partial charge in [-0.1, -0.05) is 22.0 Å². The molecule has 0 saturated carbocycles. The number of hydrogen-bond donors (Lipinski definition) is 2. The van der Waals surface area contributed by atoms with Crippen molar-refractivity contribution in [3.63, 3.8) is 0 Å². The van der Waals surface area contributed by atoms with Crippen LogP contribution in [0.4, 0.5) is 11.5 Å². The van der Waals surface area contributed by atoms with E-state index in [1.54, 1.807) is 31.2 Å². The molecule has 3 N–H and O–H groups in total. The molecule has 2 aromatic rings. The summed E-state index contributed by atoms with van der Waals surface area (Å²) in [6.45, 7) is 1.74. The first kappa shape index (κ1) is 13.8. The number of anilines is 2. The molecule has 1 aromatic heterocycles. The van der Waals surface area contributed by atoms with Crippen molar-refractivity contribution in [2.24, 2.45) is 0 Å². The van der Waals surface area contributed by atoms with Crippen molar-refractivity contribution >= 4 is 37.5 Å². The van der Waals surface area contributed by atoms with Crippen LogP contribution < -0.4 is 10.5 Å². The molecule has 100 valence electrons. The van der Waals surface area contributed by atoms with Crippen LogP contribution in [0.1, 0.15) is 5.56 Å². The first-order valence-corrected chi connectivity index (χ1v) is 7.66. The van der Waals surface area contributed by atoms with Gasteiger partial charge in [0.1, 0.15) is 5.82 Å². The molecule has 2 rings (SSSR count). The summed E-state index contributed by atoms with van der Waals surface area (Å²) in [6, 6.07) is 8.18.